The average molecular weight is 233 g/mol. The lowest BCUT2D eigenvalue weighted by atomic mass is 10.1. The second-order valence-corrected chi connectivity index (χ2v) is 3.03. The standard InChI is InChI=1S/C12H11NO2S/c1-2-15-12(14)8-7-10-5-3-4-6-11(10)13-9-16/h3-8H,2H2,1H3. The molecule has 82 valence electrons. The van der Waals surface area contributed by atoms with E-state index in [4.69, 9.17) is 4.74 Å². The summed E-state index contributed by atoms with van der Waals surface area (Å²) in [5, 5.41) is 2.30. The molecule has 0 atom stereocenters. The topological polar surface area (TPSA) is 38.7 Å². The van der Waals surface area contributed by atoms with Crippen LogP contribution in [-0.2, 0) is 9.53 Å². The van der Waals surface area contributed by atoms with Gasteiger partial charge in [-0.3, -0.25) is 0 Å². The van der Waals surface area contributed by atoms with E-state index in [9.17, 15) is 4.79 Å². The van der Waals surface area contributed by atoms with E-state index in [-0.39, 0.29) is 5.97 Å². The van der Waals surface area contributed by atoms with Crippen molar-refractivity contribution in [3.05, 3.63) is 35.9 Å². The Hall–Kier alpha value is -1.77. The van der Waals surface area contributed by atoms with Gasteiger partial charge in [0.2, 0.25) is 0 Å². The summed E-state index contributed by atoms with van der Waals surface area (Å²) >= 11 is 4.54. The van der Waals surface area contributed by atoms with E-state index in [1.165, 1.54) is 6.08 Å². The molecule has 0 fully saturated rings. The van der Waals surface area contributed by atoms with Crippen molar-refractivity contribution in [2.24, 2.45) is 4.99 Å². The van der Waals surface area contributed by atoms with Crippen molar-refractivity contribution in [1.82, 2.24) is 0 Å². The molecule has 0 aliphatic heterocycles. The smallest absolute Gasteiger partial charge is 0.330 e. The third kappa shape index (κ3) is 3.77. The zero-order valence-corrected chi connectivity index (χ0v) is 9.66. The number of hydrogen-bond acceptors (Lipinski definition) is 4. The lowest BCUT2D eigenvalue weighted by Crippen LogP contribution is -1.98. The van der Waals surface area contributed by atoms with E-state index in [1.54, 1.807) is 19.1 Å². The SMILES string of the molecule is CCOC(=O)C=Cc1ccccc1N=C=S. The second kappa shape index (κ2) is 6.67. The van der Waals surface area contributed by atoms with Crippen LogP contribution >= 0.6 is 12.2 Å². The molecule has 0 saturated carbocycles. The van der Waals surface area contributed by atoms with Gasteiger partial charge < -0.3 is 4.74 Å². The molecule has 1 rings (SSSR count). The van der Waals surface area contributed by atoms with Crippen LogP contribution in [0.5, 0.6) is 0 Å². The molecule has 0 unspecified atom stereocenters. The first-order valence-corrected chi connectivity index (χ1v) is 5.20. The summed E-state index contributed by atoms with van der Waals surface area (Å²) in [6.45, 7) is 2.12. The number of aliphatic imine (C=N–C) groups is 1. The van der Waals surface area contributed by atoms with Crippen molar-refractivity contribution in [3.8, 4) is 0 Å². The largest absolute Gasteiger partial charge is 0.463 e. The molecule has 4 heteroatoms. The van der Waals surface area contributed by atoms with E-state index in [2.05, 4.69) is 22.4 Å². The third-order valence-electron chi connectivity index (χ3n) is 1.79. The molecule has 0 saturated heterocycles. The number of ether oxygens (including phenoxy) is 1. The van der Waals surface area contributed by atoms with Crippen LogP contribution < -0.4 is 0 Å². The molecule has 0 N–H and O–H groups in total. The number of carbonyl (C=O) groups excluding carboxylic acids is 1. The number of thiocarbonyl (C=S) groups is 1. The molecular weight excluding hydrogens is 222 g/mol. The molecule has 3 nitrogen and oxygen atoms in total. The minimum atomic E-state index is -0.372. The maximum absolute atomic E-state index is 11.1. The first-order chi connectivity index (χ1) is 7.77. The summed E-state index contributed by atoms with van der Waals surface area (Å²) in [4.78, 5) is 15.0. The average Bonchev–Trinajstić information content (AvgIpc) is 2.29. The number of carbonyl (C=O) groups is 1. The lowest BCUT2D eigenvalue weighted by Gasteiger charge is -1.98. The van der Waals surface area contributed by atoms with Crippen LogP contribution in [0.15, 0.2) is 35.3 Å². The van der Waals surface area contributed by atoms with Crippen molar-refractivity contribution >= 4 is 35.1 Å². The van der Waals surface area contributed by atoms with E-state index in [1.807, 2.05) is 18.2 Å². The summed E-state index contributed by atoms with van der Waals surface area (Å²) < 4.78 is 4.77. The van der Waals surface area contributed by atoms with Gasteiger partial charge in [0.25, 0.3) is 0 Å². The van der Waals surface area contributed by atoms with Crippen LogP contribution in [0.1, 0.15) is 12.5 Å². The van der Waals surface area contributed by atoms with Crippen LogP contribution in [0.2, 0.25) is 0 Å². The summed E-state index contributed by atoms with van der Waals surface area (Å²) in [7, 11) is 0. The highest BCUT2D eigenvalue weighted by Gasteiger charge is 1.97. The van der Waals surface area contributed by atoms with Crippen molar-refractivity contribution in [3.63, 3.8) is 0 Å². The number of benzene rings is 1. The van der Waals surface area contributed by atoms with Crippen LogP contribution in [0.3, 0.4) is 0 Å². The van der Waals surface area contributed by atoms with Crippen LogP contribution in [0.25, 0.3) is 6.08 Å². The fourth-order valence-corrected chi connectivity index (χ4v) is 1.23. The highest BCUT2D eigenvalue weighted by Crippen LogP contribution is 2.19. The zero-order chi connectivity index (χ0) is 11.8. The summed E-state index contributed by atoms with van der Waals surface area (Å²) in [5.41, 5.74) is 1.48. The Labute approximate surface area is 99.5 Å². The van der Waals surface area contributed by atoms with E-state index >= 15 is 0 Å². The molecule has 0 aliphatic carbocycles. The highest BCUT2D eigenvalue weighted by atomic mass is 32.1. The van der Waals surface area contributed by atoms with E-state index in [0.29, 0.717) is 12.3 Å². The Bertz CT molecular complexity index is 448. The Morgan fingerprint density at radius 2 is 2.31 bits per heavy atom. The fourth-order valence-electron chi connectivity index (χ4n) is 1.13. The highest BCUT2D eigenvalue weighted by molar-refractivity contribution is 7.78. The number of rotatable bonds is 4. The molecular formula is C12H11NO2S. The molecule has 0 heterocycles. The monoisotopic (exact) mass is 233 g/mol. The quantitative estimate of drug-likeness (QED) is 0.347. The van der Waals surface area contributed by atoms with Gasteiger partial charge >= 0.3 is 5.97 Å². The van der Waals surface area contributed by atoms with Gasteiger partial charge in [0.05, 0.1) is 17.5 Å². The van der Waals surface area contributed by atoms with E-state index in [0.717, 1.165) is 5.56 Å². The van der Waals surface area contributed by atoms with Crippen LogP contribution in [0.4, 0.5) is 5.69 Å². The zero-order valence-electron chi connectivity index (χ0n) is 8.84. The Morgan fingerprint density at radius 3 is 3.00 bits per heavy atom. The number of para-hydroxylation sites is 1. The van der Waals surface area contributed by atoms with Crippen molar-refractivity contribution in [2.75, 3.05) is 6.61 Å². The number of hydrogen-bond donors (Lipinski definition) is 0. The van der Waals surface area contributed by atoms with Gasteiger partial charge in [0.15, 0.2) is 0 Å². The fraction of sp³-hybridized carbons (Fsp3) is 0.167. The number of esters is 1. The predicted molar refractivity (Wildman–Crippen MR) is 66.8 cm³/mol. The van der Waals surface area contributed by atoms with Gasteiger partial charge in [-0.1, -0.05) is 18.2 Å². The van der Waals surface area contributed by atoms with Gasteiger partial charge in [-0.15, -0.1) is 0 Å². The van der Waals surface area contributed by atoms with Gasteiger partial charge in [-0.05, 0) is 31.3 Å². The molecule has 0 aromatic heterocycles. The van der Waals surface area contributed by atoms with E-state index < -0.39 is 0 Å². The molecule has 1 aromatic carbocycles. The second-order valence-electron chi connectivity index (χ2n) is 2.85. The minimum Gasteiger partial charge on any atom is -0.463 e. The Morgan fingerprint density at radius 1 is 1.56 bits per heavy atom. The Balaban J connectivity index is 2.88. The summed E-state index contributed by atoms with van der Waals surface area (Å²) in [6.07, 6.45) is 3.00. The van der Waals surface area contributed by atoms with Crippen molar-refractivity contribution in [1.29, 1.82) is 0 Å². The first-order valence-electron chi connectivity index (χ1n) is 4.79. The maximum atomic E-state index is 11.1. The molecule has 1 aromatic rings. The van der Waals surface area contributed by atoms with Gasteiger partial charge in [0, 0.05) is 11.6 Å². The van der Waals surface area contributed by atoms with Gasteiger partial charge in [-0.25, -0.2) is 4.79 Å². The van der Waals surface area contributed by atoms with Crippen LogP contribution in [-0.4, -0.2) is 17.7 Å². The van der Waals surface area contributed by atoms with Crippen molar-refractivity contribution in [2.45, 2.75) is 6.92 Å². The molecule has 0 radical (unpaired) electrons. The molecule has 0 aliphatic rings. The molecule has 0 amide bonds. The number of isothiocyanates is 1. The van der Waals surface area contributed by atoms with Gasteiger partial charge in [-0.2, -0.15) is 4.99 Å². The summed E-state index contributed by atoms with van der Waals surface area (Å²) in [6, 6.07) is 7.33. The third-order valence-corrected chi connectivity index (χ3v) is 1.88. The minimum absolute atomic E-state index is 0.364. The molecule has 0 spiro atoms. The molecule has 0 bridgehead atoms. The van der Waals surface area contributed by atoms with Crippen molar-refractivity contribution < 1.29 is 9.53 Å². The first kappa shape index (κ1) is 12.3. The molecule has 16 heavy (non-hydrogen) atoms. The maximum Gasteiger partial charge on any atom is 0.330 e. The number of nitrogens with zero attached hydrogens (tertiary/aromatic N) is 1. The normalized spacial score (nSPS) is 9.81. The lowest BCUT2D eigenvalue weighted by molar-refractivity contribution is -0.137. The summed E-state index contributed by atoms with van der Waals surface area (Å²) in [5.74, 6) is -0.372. The predicted octanol–water partition coefficient (Wildman–Crippen LogP) is 3.00. The van der Waals surface area contributed by atoms with Crippen LogP contribution in [0, 0.1) is 0 Å². The van der Waals surface area contributed by atoms with Gasteiger partial charge in [0.1, 0.15) is 0 Å². The Kier molecular flexibility index (Phi) is 5.12.